The molecule has 36 heavy (non-hydrogen) atoms. The van der Waals surface area contributed by atoms with Gasteiger partial charge in [0.2, 0.25) is 0 Å². The summed E-state index contributed by atoms with van der Waals surface area (Å²) in [6.45, 7) is 8.73. The molecule has 3 heterocycles. The van der Waals surface area contributed by atoms with E-state index in [-0.39, 0.29) is 17.0 Å². The molecule has 8 nitrogen and oxygen atoms in total. The summed E-state index contributed by atoms with van der Waals surface area (Å²) in [5, 5.41) is 4.46. The summed E-state index contributed by atoms with van der Waals surface area (Å²) >= 11 is 0. The number of benzene rings is 2. The van der Waals surface area contributed by atoms with Gasteiger partial charge in [0, 0.05) is 36.3 Å². The van der Waals surface area contributed by atoms with E-state index >= 15 is 0 Å². The Balaban J connectivity index is 1.46. The van der Waals surface area contributed by atoms with Gasteiger partial charge in [-0.15, -0.1) is 0 Å². The number of rotatable bonds is 7. The van der Waals surface area contributed by atoms with Crippen molar-refractivity contribution in [2.45, 2.75) is 45.1 Å². The van der Waals surface area contributed by atoms with E-state index in [0.29, 0.717) is 36.5 Å². The zero-order valence-electron chi connectivity index (χ0n) is 21.0. The van der Waals surface area contributed by atoms with Gasteiger partial charge in [-0.3, -0.25) is 9.59 Å². The second-order valence-corrected chi connectivity index (χ2v) is 10.4. The van der Waals surface area contributed by atoms with E-state index in [9.17, 15) is 9.59 Å². The standard InChI is InChI=1S/C28H34N6O2/c1-28(2,18-32-13-3-4-14-32)20-8-10-21(11-9-20)33-15-12-23-24(26(30)35)31-34(25(23)27(33)36)22-7-5-6-19(16-22)17-29/h5-11,16H,3-4,12-15,17-18,29H2,1-2H3,(H2,30,35). The minimum absolute atomic E-state index is 0.0188. The van der Waals surface area contributed by atoms with Crippen molar-refractivity contribution in [2.75, 3.05) is 31.1 Å². The number of fused-ring (bicyclic) bond motifs is 1. The number of hydrogen-bond donors (Lipinski definition) is 2. The fourth-order valence-corrected chi connectivity index (χ4v) is 5.49. The summed E-state index contributed by atoms with van der Waals surface area (Å²) in [5.74, 6) is -0.829. The van der Waals surface area contributed by atoms with Crippen LogP contribution in [0.1, 0.15) is 64.4 Å². The van der Waals surface area contributed by atoms with Gasteiger partial charge in [-0.05, 0) is 67.7 Å². The van der Waals surface area contributed by atoms with Crippen LogP contribution in [0.4, 0.5) is 5.69 Å². The van der Waals surface area contributed by atoms with E-state index in [1.807, 2.05) is 36.4 Å². The van der Waals surface area contributed by atoms with Gasteiger partial charge >= 0.3 is 0 Å². The van der Waals surface area contributed by atoms with Crippen LogP contribution in [0.15, 0.2) is 48.5 Å². The molecule has 2 aliphatic heterocycles. The van der Waals surface area contributed by atoms with Gasteiger partial charge < -0.3 is 21.3 Å². The molecule has 2 aliphatic rings. The molecule has 1 saturated heterocycles. The number of nitrogens with two attached hydrogens (primary N) is 2. The van der Waals surface area contributed by atoms with Crippen LogP contribution in [0.5, 0.6) is 0 Å². The van der Waals surface area contributed by atoms with Crippen molar-refractivity contribution in [3.8, 4) is 5.69 Å². The highest BCUT2D eigenvalue weighted by Gasteiger charge is 2.35. The number of carbonyl (C=O) groups is 2. The molecule has 5 rings (SSSR count). The molecule has 0 radical (unpaired) electrons. The SMILES string of the molecule is CC(C)(CN1CCCC1)c1ccc(N2CCc3c(C(N)=O)nn(-c4cccc(CN)c4)c3C2=O)cc1. The number of anilines is 1. The minimum atomic E-state index is -0.634. The molecular formula is C28H34N6O2. The topological polar surface area (TPSA) is 110 Å². The Bertz CT molecular complexity index is 1290. The van der Waals surface area contributed by atoms with Crippen LogP contribution < -0.4 is 16.4 Å². The first-order valence-corrected chi connectivity index (χ1v) is 12.6. The van der Waals surface area contributed by atoms with Gasteiger partial charge in [-0.2, -0.15) is 5.10 Å². The maximum Gasteiger partial charge on any atom is 0.277 e. The van der Waals surface area contributed by atoms with Gasteiger partial charge in [0.25, 0.3) is 11.8 Å². The summed E-state index contributed by atoms with van der Waals surface area (Å²) in [5.41, 5.74) is 16.3. The highest BCUT2D eigenvalue weighted by Crippen LogP contribution is 2.32. The smallest absolute Gasteiger partial charge is 0.277 e. The molecule has 0 unspecified atom stereocenters. The summed E-state index contributed by atoms with van der Waals surface area (Å²) in [4.78, 5) is 30.2. The summed E-state index contributed by atoms with van der Waals surface area (Å²) in [7, 11) is 0. The Morgan fingerprint density at radius 3 is 2.42 bits per heavy atom. The minimum Gasteiger partial charge on any atom is -0.364 e. The number of aromatic nitrogens is 2. The Morgan fingerprint density at radius 2 is 1.75 bits per heavy atom. The lowest BCUT2D eigenvalue weighted by Crippen LogP contribution is -2.39. The molecule has 0 spiro atoms. The van der Waals surface area contributed by atoms with Crippen LogP contribution in [0.2, 0.25) is 0 Å². The highest BCUT2D eigenvalue weighted by molar-refractivity contribution is 6.09. The highest BCUT2D eigenvalue weighted by atomic mass is 16.2. The number of hydrogen-bond acceptors (Lipinski definition) is 5. The van der Waals surface area contributed by atoms with Crippen LogP contribution in [0.25, 0.3) is 5.69 Å². The predicted molar refractivity (Wildman–Crippen MR) is 140 cm³/mol. The quantitative estimate of drug-likeness (QED) is 0.533. The van der Waals surface area contributed by atoms with Crippen LogP contribution >= 0.6 is 0 Å². The lowest BCUT2D eigenvalue weighted by Gasteiger charge is -2.32. The summed E-state index contributed by atoms with van der Waals surface area (Å²) in [6.07, 6.45) is 3.05. The Labute approximate surface area is 211 Å². The number of likely N-dealkylation sites (tertiary alicyclic amines) is 1. The second kappa shape index (κ2) is 9.52. The van der Waals surface area contributed by atoms with Gasteiger partial charge in [0.15, 0.2) is 5.69 Å². The monoisotopic (exact) mass is 486 g/mol. The average molecular weight is 487 g/mol. The first kappa shape index (κ1) is 24.2. The number of amides is 2. The first-order valence-electron chi connectivity index (χ1n) is 12.6. The van der Waals surface area contributed by atoms with Crippen molar-refractivity contribution in [1.29, 1.82) is 0 Å². The molecule has 8 heteroatoms. The Kier molecular flexibility index (Phi) is 6.40. The molecule has 1 fully saturated rings. The van der Waals surface area contributed by atoms with Gasteiger partial charge in [-0.1, -0.05) is 38.1 Å². The predicted octanol–water partition coefficient (Wildman–Crippen LogP) is 3.01. The largest absolute Gasteiger partial charge is 0.364 e. The first-order chi connectivity index (χ1) is 17.3. The molecule has 188 valence electrons. The third-order valence-electron chi connectivity index (χ3n) is 7.42. The number of carbonyl (C=O) groups excluding carboxylic acids is 2. The van der Waals surface area contributed by atoms with Gasteiger partial charge in [-0.25, -0.2) is 4.68 Å². The molecule has 0 bridgehead atoms. The van der Waals surface area contributed by atoms with E-state index < -0.39 is 5.91 Å². The normalized spacial score (nSPS) is 16.4. The van der Waals surface area contributed by atoms with E-state index in [4.69, 9.17) is 11.5 Å². The molecule has 4 N–H and O–H groups in total. The molecule has 0 aliphatic carbocycles. The van der Waals surface area contributed by atoms with E-state index in [0.717, 1.165) is 17.8 Å². The maximum atomic E-state index is 13.8. The fraction of sp³-hybridized carbons (Fsp3) is 0.393. The third kappa shape index (κ3) is 4.42. The van der Waals surface area contributed by atoms with Crippen molar-refractivity contribution >= 4 is 17.5 Å². The molecule has 1 aromatic heterocycles. The maximum absolute atomic E-state index is 13.8. The Hall–Kier alpha value is -3.49. The van der Waals surface area contributed by atoms with Crippen LogP contribution in [-0.4, -0.2) is 52.7 Å². The average Bonchev–Trinajstić information content (AvgIpc) is 3.52. The zero-order valence-corrected chi connectivity index (χ0v) is 21.0. The van der Waals surface area contributed by atoms with Crippen molar-refractivity contribution in [3.05, 3.63) is 76.6 Å². The van der Waals surface area contributed by atoms with E-state index in [2.05, 4.69) is 36.0 Å². The third-order valence-corrected chi connectivity index (χ3v) is 7.42. The van der Waals surface area contributed by atoms with Gasteiger partial charge in [0.1, 0.15) is 5.69 Å². The van der Waals surface area contributed by atoms with Crippen molar-refractivity contribution in [3.63, 3.8) is 0 Å². The molecule has 2 aromatic carbocycles. The summed E-state index contributed by atoms with van der Waals surface area (Å²) in [6, 6.07) is 15.8. The van der Waals surface area contributed by atoms with Crippen LogP contribution in [-0.2, 0) is 18.4 Å². The van der Waals surface area contributed by atoms with Crippen molar-refractivity contribution < 1.29 is 9.59 Å². The molecule has 3 aromatic rings. The van der Waals surface area contributed by atoms with Crippen LogP contribution in [0, 0.1) is 0 Å². The molecule has 0 saturated carbocycles. The summed E-state index contributed by atoms with van der Waals surface area (Å²) < 4.78 is 1.54. The van der Waals surface area contributed by atoms with Crippen molar-refractivity contribution in [1.82, 2.24) is 14.7 Å². The molecule has 0 atom stereocenters. The van der Waals surface area contributed by atoms with E-state index in [1.54, 1.807) is 4.90 Å². The number of nitrogens with zero attached hydrogens (tertiary/aromatic N) is 4. The molecular weight excluding hydrogens is 452 g/mol. The zero-order chi connectivity index (χ0) is 25.4. The lowest BCUT2D eigenvalue weighted by molar-refractivity contribution is 0.0972. The number of primary amides is 1. The van der Waals surface area contributed by atoms with Gasteiger partial charge in [0.05, 0.1) is 5.69 Å². The fourth-order valence-electron chi connectivity index (χ4n) is 5.49. The second-order valence-electron chi connectivity index (χ2n) is 10.4. The van der Waals surface area contributed by atoms with Crippen molar-refractivity contribution in [2.24, 2.45) is 11.5 Å². The lowest BCUT2D eigenvalue weighted by atomic mass is 9.84. The van der Waals surface area contributed by atoms with Crippen LogP contribution in [0.3, 0.4) is 0 Å². The Morgan fingerprint density at radius 1 is 1.03 bits per heavy atom. The molecule has 2 amide bonds. The van der Waals surface area contributed by atoms with E-state index in [1.165, 1.54) is 36.2 Å².